The molecule has 0 unspecified atom stereocenters. The number of carbonyl (C=O) groups excluding carboxylic acids is 1. The summed E-state index contributed by atoms with van der Waals surface area (Å²) in [6, 6.07) is 11.0. The van der Waals surface area contributed by atoms with Crippen LogP contribution < -0.4 is 5.32 Å². The third-order valence-corrected chi connectivity index (χ3v) is 5.74. The number of amides is 1. The Kier molecular flexibility index (Phi) is 4.51. The molecule has 0 radical (unpaired) electrons. The Morgan fingerprint density at radius 2 is 1.97 bits per heavy atom. The van der Waals surface area contributed by atoms with Gasteiger partial charge in [0.15, 0.2) is 11.6 Å². The predicted octanol–water partition coefficient (Wildman–Crippen LogP) is 4.53. The molecule has 2 aliphatic rings. The molecule has 1 aliphatic heterocycles. The zero-order chi connectivity index (χ0) is 20.0. The minimum absolute atomic E-state index is 0.231. The summed E-state index contributed by atoms with van der Waals surface area (Å²) < 4.78 is 26.8. The maximum absolute atomic E-state index is 13.6. The largest absolute Gasteiger partial charge is 0.322 e. The molecule has 148 valence electrons. The Labute approximate surface area is 167 Å². The van der Waals surface area contributed by atoms with E-state index in [1.165, 1.54) is 18.9 Å². The molecule has 2 aromatic carbocycles. The number of nitrogens with one attached hydrogen (secondary N) is 1. The van der Waals surface area contributed by atoms with Gasteiger partial charge in [0, 0.05) is 54.5 Å². The van der Waals surface area contributed by atoms with Crippen molar-refractivity contribution in [2.45, 2.75) is 25.8 Å². The molecule has 1 aromatic heterocycles. The van der Waals surface area contributed by atoms with E-state index in [4.69, 9.17) is 4.98 Å². The number of anilines is 1. The molecular formula is C23H21F2N3O. The Morgan fingerprint density at radius 3 is 2.76 bits per heavy atom. The SMILES string of the molecule is O=C(Nc1ccc(F)c(F)c1)c1c2c(nc3ccccc13)CCN(CC1CC1)C2. The summed E-state index contributed by atoms with van der Waals surface area (Å²) in [5.41, 5.74) is 3.48. The normalized spacial score (nSPS) is 16.6. The summed E-state index contributed by atoms with van der Waals surface area (Å²) in [6.45, 7) is 2.68. The van der Waals surface area contributed by atoms with Crippen molar-refractivity contribution in [3.63, 3.8) is 0 Å². The summed E-state index contributed by atoms with van der Waals surface area (Å²) in [4.78, 5) is 20.5. The predicted molar refractivity (Wildman–Crippen MR) is 108 cm³/mol. The van der Waals surface area contributed by atoms with E-state index in [1.54, 1.807) is 0 Å². The number of halogens is 2. The standard InChI is InChI=1S/C23H21F2N3O/c24-18-8-7-15(11-19(18)25)26-23(29)22-16-3-1-2-4-20(16)27-21-9-10-28(13-17(21)22)12-14-5-6-14/h1-4,7-8,11,14H,5-6,9-10,12-13H2,(H,26,29). The lowest BCUT2D eigenvalue weighted by Gasteiger charge is -2.30. The maximum atomic E-state index is 13.6. The average Bonchev–Trinajstić information content (AvgIpc) is 3.53. The number of para-hydroxylation sites is 1. The second-order valence-electron chi connectivity index (χ2n) is 7.94. The van der Waals surface area contributed by atoms with Gasteiger partial charge in [-0.2, -0.15) is 0 Å². The zero-order valence-electron chi connectivity index (χ0n) is 15.9. The third kappa shape index (κ3) is 3.60. The molecule has 1 N–H and O–H groups in total. The summed E-state index contributed by atoms with van der Waals surface area (Å²) in [5, 5.41) is 3.52. The minimum atomic E-state index is -0.986. The molecule has 3 aromatic rings. The van der Waals surface area contributed by atoms with E-state index in [0.717, 1.165) is 59.7 Å². The number of hydrogen-bond acceptors (Lipinski definition) is 3. The zero-order valence-corrected chi connectivity index (χ0v) is 15.9. The highest BCUT2D eigenvalue weighted by Gasteiger charge is 2.30. The van der Waals surface area contributed by atoms with Gasteiger partial charge in [0.1, 0.15) is 0 Å². The van der Waals surface area contributed by atoms with Gasteiger partial charge >= 0.3 is 0 Å². The molecular weight excluding hydrogens is 372 g/mol. The number of benzene rings is 2. The minimum Gasteiger partial charge on any atom is -0.322 e. The molecule has 1 aliphatic carbocycles. The average molecular weight is 393 g/mol. The van der Waals surface area contributed by atoms with E-state index in [2.05, 4.69) is 10.2 Å². The summed E-state index contributed by atoms with van der Waals surface area (Å²) >= 11 is 0. The summed E-state index contributed by atoms with van der Waals surface area (Å²) in [7, 11) is 0. The van der Waals surface area contributed by atoms with Gasteiger partial charge in [-0.05, 0) is 37.0 Å². The number of hydrogen-bond donors (Lipinski definition) is 1. The fourth-order valence-electron chi connectivity index (χ4n) is 4.09. The molecule has 4 nitrogen and oxygen atoms in total. The number of fused-ring (bicyclic) bond motifs is 2. The van der Waals surface area contributed by atoms with E-state index < -0.39 is 11.6 Å². The van der Waals surface area contributed by atoms with Crippen molar-refractivity contribution in [1.29, 1.82) is 0 Å². The molecule has 1 fully saturated rings. The van der Waals surface area contributed by atoms with Gasteiger partial charge in [-0.1, -0.05) is 18.2 Å². The van der Waals surface area contributed by atoms with Crippen molar-refractivity contribution >= 4 is 22.5 Å². The molecule has 29 heavy (non-hydrogen) atoms. The molecule has 6 heteroatoms. The van der Waals surface area contributed by atoms with E-state index in [1.807, 2.05) is 24.3 Å². The number of aromatic nitrogens is 1. The van der Waals surface area contributed by atoms with Gasteiger partial charge < -0.3 is 5.32 Å². The van der Waals surface area contributed by atoms with Crippen molar-refractivity contribution < 1.29 is 13.6 Å². The van der Waals surface area contributed by atoms with Gasteiger partial charge in [-0.15, -0.1) is 0 Å². The van der Waals surface area contributed by atoms with Crippen LogP contribution in [0.5, 0.6) is 0 Å². The van der Waals surface area contributed by atoms with Crippen LogP contribution in [0.2, 0.25) is 0 Å². The molecule has 0 bridgehead atoms. The first-order valence-corrected chi connectivity index (χ1v) is 9.98. The van der Waals surface area contributed by atoms with E-state index in [0.29, 0.717) is 12.1 Å². The van der Waals surface area contributed by atoms with E-state index in [9.17, 15) is 13.6 Å². The second kappa shape index (κ2) is 7.19. The smallest absolute Gasteiger partial charge is 0.256 e. The molecule has 0 saturated heterocycles. The van der Waals surface area contributed by atoms with Crippen LogP contribution in [0.3, 0.4) is 0 Å². The lowest BCUT2D eigenvalue weighted by molar-refractivity contribution is 0.102. The van der Waals surface area contributed by atoms with Crippen LogP contribution in [0, 0.1) is 17.6 Å². The van der Waals surface area contributed by atoms with Crippen LogP contribution in [0.25, 0.3) is 10.9 Å². The van der Waals surface area contributed by atoms with Crippen molar-refractivity contribution in [2.75, 3.05) is 18.4 Å². The van der Waals surface area contributed by atoms with Crippen LogP contribution in [-0.4, -0.2) is 28.9 Å². The number of carbonyl (C=O) groups is 1. The Hall–Kier alpha value is -2.86. The molecule has 5 rings (SSSR count). The van der Waals surface area contributed by atoms with Crippen LogP contribution in [0.4, 0.5) is 14.5 Å². The molecule has 2 heterocycles. The summed E-state index contributed by atoms with van der Waals surface area (Å²) in [6.07, 6.45) is 3.37. The highest BCUT2D eigenvalue weighted by molar-refractivity contribution is 6.13. The van der Waals surface area contributed by atoms with E-state index in [-0.39, 0.29) is 11.6 Å². The van der Waals surface area contributed by atoms with Crippen LogP contribution >= 0.6 is 0 Å². The van der Waals surface area contributed by atoms with E-state index >= 15 is 0 Å². The fraction of sp³-hybridized carbons (Fsp3) is 0.304. The second-order valence-corrected chi connectivity index (χ2v) is 7.94. The van der Waals surface area contributed by atoms with Crippen molar-refractivity contribution in [3.05, 3.63) is 70.9 Å². The van der Waals surface area contributed by atoms with Crippen LogP contribution in [0.1, 0.15) is 34.5 Å². The van der Waals surface area contributed by atoms with Gasteiger partial charge in [0.25, 0.3) is 5.91 Å². The first-order valence-electron chi connectivity index (χ1n) is 9.98. The van der Waals surface area contributed by atoms with Crippen molar-refractivity contribution in [3.8, 4) is 0 Å². The lowest BCUT2D eigenvalue weighted by atomic mass is 9.95. The fourth-order valence-corrected chi connectivity index (χ4v) is 4.09. The Balaban J connectivity index is 1.55. The van der Waals surface area contributed by atoms with Crippen LogP contribution in [0.15, 0.2) is 42.5 Å². The number of nitrogens with zero attached hydrogens (tertiary/aromatic N) is 2. The third-order valence-electron chi connectivity index (χ3n) is 5.74. The van der Waals surface area contributed by atoms with Crippen molar-refractivity contribution in [1.82, 2.24) is 9.88 Å². The quantitative estimate of drug-likeness (QED) is 0.708. The number of rotatable bonds is 4. The van der Waals surface area contributed by atoms with Gasteiger partial charge in [-0.25, -0.2) is 8.78 Å². The summed E-state index contributed by atoms with van der Waals surface area (Å²) in [5.74, 6) is -1.48. The van der Waals surface area contributed by atoms with Gasteiger partial charge in [0.05, 0.1) is 11.1 Å². The lowest BCUT2D eigenvalue weighted by Crippen LogP contribution is -2.34. The first kappa shape index (κ1) is 18.2. The Morgan fingerprint density at radius 1 is 1.14 bits per heavy atom. The van der Waals surface area contributed by atoms with Crippen LogP contribution in [-0.2, 0) is 13.0 Å². The topological polar surface area (TPSA) is 45.2 Å². The maximum Gasteiger partial charge on any atom is 0.256 e. The first-order chi connectivity index (χ1) is 14.1. The molecule has 0 atom stereocenters. The highest BCUT2D eigenvalue weighted by atomic mass is 19.2. The van der Waals surface area contributed by atoms with Gasteiger partial charge in [-0.3, -0.25) is 14.7 Å². The Bertz CT molecular complexity index is 1110. The monoisotopic (exact) mass is 393 g/mol. The molecule has 1 amide bonds. The molecule has 0 spiro atoms. The van der Waals surface area contributed by atoms with Crippen molar-refractivity contribution in [2.24, 2.45) is 5.92 Å². The molecule has 1 saturated carbocycles. The van der Waals surface area contributed by atoms with Gasteiger partial charge in [0.2, 0.25) is 0 Å². The number of pyridine rings is 1. The highest BCUT2D eigenvalue weighted by Crippen LogP contribution is 2.33.